The van der Waals surface area contributed by atoms with Crippen LogP contribution in [0.5, 0.6) is 17.2 Å². The molecule has 1 aliphatic rings. The van der Waals surface area contributed by atoms with Crippen LogP contribution in [0.2, 0.25) is 0 Å². The van der Waals surface area contributed by atoms with Crippen LogP contribution >= 0.6 is 0 Å². The highest BCUT2D eigenvalue weighted by Crippen LogP contribution is 2.37. The molecule has 0 bridgehead atoms. The molecule has 198 valence electrons. The number of carbonyl (C=O) groups is 1. The van der Waals surface area contributed by atoms with Crippen LogP contribution in [-0.4, -0.2) is 70.7 Å². The molecule has 0 saturated carbocycles. The second-order valence-corrected chi connectivity index (χ2v) is 8.73. The van der Waals surface area contributed by atoms with Crippen molar-refractivity contribution in [1.29, 1.82) is 0 Å². The van der Waals surface area contributed by atoms with E-state index in [1.807, 2.05) is 6.92 Å². The van der Waals surface area contributed by atoms with Crippen molar-refractivity contribution in [2.45, 2.75) is 51.0 Å². The molecule has 5 atom stereocenters. The second kappa shape index (κ2) is 10.8. The van der Waals surface area contributed by atoms with Gasteiger partial charge in [0.2, 0.25) is 6.29 Å². The topological polar surface area (TPSA) is 168 Å². The lowest BCUT2D eigenvalue weighted by molar-refractivity contribution is -0.266. The number of methoxy groups -OCH3 is 1. The first-order chi connectivity index (χ1) is 17.7. The van der Waals surface area contributed by atoms with Crippen LogP contribution in [0.3, 0.4) is 0 Å². The number of amides is 1. The van der Waals surface area contributed by atoms with E-state index in [0.29, 0.717) is 24.3 Å². The van der Waals surface area contributed by atoms with Crippen LogP contribution in [0.15, 0.2) is 45.6 Å². The van der Waals surface area contributed by atoms with E-state index < -0.39 is 47.8 Å². The largest absolute Gasteiger partial charge is 0.507 e. The predicted octanol–water partition coefficient (Wildman–Crippen LogP) is 1.20. The number of hydrogen-bond donors (Lipinski definition) is 5. The summed E-state index contributed by atoms with van der Waals surface area (Å²) in [4.78, 5) is 25.3. The van der Waals surface area contributed by atoms with Gasteiger partial charge in [0.05, 0.1) is 7.11 Å². The predicted molar refractivity (Wildman–Crippen MR) is 131 cm³/mol. The molecule has 37 heavy (non-hydrogen) atoms. The fraction of sp³-hybridized carbons (Fsp3) is 0.385. The van der Waals surface area contributed by atoms with Gasteiger partial charge >= 0.3 is 0 Å². The van der Waals surface area contributed by atoms with Crippen LogP contribution in [0, 0.1) is 6.92 Å². The zero-order chi connectivity index (χ0) is 26.9. The SMILES string of the molecule is CCCNC(=O)C1OC(Oc2cc3oc(-c4ccc(OC)cc4)cc(=O)c3c(O)c2C)C(O)C(O)C1O. The summed E-state index contributed by atoms with van der Waals surface area (Å²) in [6.07, 6.45) is -7.61. The van der Waals surface area contributed by atoms with Crippen molar-refractivity contribution in [3.8, 4) is 28.6 Å². The molecule has 3 aromatic rings. The number of rotatable bonds is 7. The summed E-state index contributed by atoms with van der Waals surface area (Å²) in [6, 6.07) is 9.42. The summed E-state index contributed by atoms with van der Waals surface area (Å²) < 4.78 is 22.3. The van der Waals surface area contributed by atoms with Crippen molar-refractivity contribution >= 4 is 16.9 Å². The van der Waals surface area contributed by atoms with Crippen molar-refractivity contribution in [1.82, 2.24) is 5.32 Å². The van der Waals surface area contributed by atoms with Crippen molar-refractivity contribution in [3.63, 3.8) is 0 Å². The Balaban J connectivity index is 1.69. The van der Waals surface area contributed by atoms with Gasteiger partial charge in [-0.05, 0) is 37.6 Å². The third kappa shape index (κ3) is 5.12. The second-order valence-electron chi connectivity index (χ2n) is 8.73. The third-order valence-corrected chi connectivity index (χ3v) is 6.19. The van der Waals surface area contributed by atoms with E-state index in [9.17, 15) is 30.0 Å². The van der Waals surface area contributed by atoms with Crippen LogP contribution in [-0.2, 0) is 9.53 Å². The van der Waals surface area contributed by atoms with Crippen LogP contribution in [0.4, 0.5) is 0 Å². The highest BCUT2D eigenvalue weighted by molar-refractivity contribution is 5.88. The molecule has 1 aromatic heterocycles. The third-order valence-electron chi connectivity index (χ3n) is 6.19. The van der Waals surface area contributed by atoms with Gasteiger partial charge in [-0.15, -0.1) is 0 Å². The molecule has 2 aromatic carbocycles. The summed E-state index contributed by atoms with van der Waals surface area (Å²) in [5.74, 6) is -0.251. The minimum Gasteiger partial charge on any atom is -0.507 e. The van der Waals surface area contributed by atoms with Gasteiger partial charge in [0, 0.05) is 29.8 Å². The first kappa shape index (κ1) is 26.4. The molecule has 0 aliphatic carbocycles. The number of fused-ring (bicyclic) bond motifs is 1. The van der Waals surface area contributed by atoms with E-state index in [1.54, 1.807) is 24.3 Å². The van der Waals surface area contributed by atoms with E-state index in [4.69, 9.17) is 18.6 Å². The maximum absolute atomic E-state index is 12.9. The highest BCUT2D eigenvalue weighted by Gasteiger charge is 2.48. The monoisotopic (exact) mass is 515 g/mol. The maximum atomic E-state index is 12.9. The Labute approximate surface area is 211 Å². The van der Waals surface area contributed by atoms with Gasteiger partial charge in [-0.3, -0.25) is 9.59 Å². The van der Waals surface area contributed by atoms with Crippen molar-refractivity contribution in [2.75, 3.05) is 13.7 Å². The lowest BCUT2D eigenvalue weighted by atomic mass is 9.98. The zero-order valence-corrected chi connectivity index (χ0v) is 20.5. The fourth-order valence-corrected chi connectivity index (χ4v) is 4.03. The minimum absolute atomic E-state index is 0.000427. The molecular formula is C26H29NO10. The normalized spacial score (nSPS) is 23.6. The summed E-state index contributed by atoms with van der Waals surface area (Å²) in [7, 11) is 1.53. The number of aromatic hydroxyl groups is 1. The summed E-state index contributed by atoms with van der Waals surface area (Å²) in [5.41, 5.74) is 0.241. The molecule has 0 radical (unpaired) electrons. The Hall–Kier alpha value is -3.64. The standard InChI is InChI=1S/C26H29NO10/c1-4-9-27-25(33)24-22(31)21(30)23(32)26(37-24)36-16-11-18-19(20(29)12(16)2)15(28)10-17(35-18)13-5-7-14(34-3)8-6-13/h5-8,10-11,21-24,26,29-32H,4,9H2,1-3H3,(H,27,33). The Kier molecular flexibility index (Phi) is 7.69. The van der Waals surface area contributed by atoms with Gasteiger partial charge < -0.3 is 44.4 Å². The lowest BCUT2D eigenvalue weighted by Gasteiger charge is -2.39. The Morgan fingerprint density at radius 1 is 1.08 bits per heavy atom. The number of ether oxygens (including phenoxy) is 3. The molecule has 1 amide bonds. The fourth-order valence-electron chi connectivity index (χ4n) is 4.03. The molecule has 11 heteroatoms. The molecule has 1 aliphatic heterocycles. The van der Waals surface area contributed by atoms with Gasteiger partial charge in [-0.1, -0.05) is 6.92 Å². The average molecular weight is 516 g/mol. The molecule has 11 nitrogen and oxygen atoms in total. The van der Waals surface area contributed by atoms with Gasteiger partial charge in [-0.2, -0.15) is 0 Å². The first-order valence-corrected chi connectivity index (χ1v) is 11.7. The van der Waals surface area contributed by atoms with E-state index in [2.05, 4.69) is 5.32 Å². The molecule has 5 unspecified atom stereocenters. The van der Waals surface area contributed by atoms with Crippen LogP contribution in [0.1, 0.15) is 18.9 Å². The number of aliphatic hydroxyl groups excluding tert-OH is 3. The average Bonchev–Trinajstić information content (AvgIpc) is 2.89. The van der Waals surface area contributed by atoms with Crippen molar-refractivity contribution in [2.24, 2.45) is 0 Å². The number of phenolic OH excluding ortho intramolecular Hbond substituents is 1. The number of benzene rings is 2. The number of aliphatic hydroxyl groups is 3. The molecule has 5 N–H and O–H groups in total. The number of nitrogens with one attached hydrogen (secondary N) is 1. The van der Waals surface area contributed by atoms with Gasteiger partial charge in [0.25, 0.3) is 5.91 Å². The quantitative estimate of drug-likeness (QED) is 0.308. The Morgan fingerprint density at radius 3 is 2.43 bits per heavy atom. The maximum Gasteiger partial charge on any atom is 0.252 e. The highest BCUT2D eigenvalue weighted by atomic mass is 16.7. The Bertz CT molecular complexity index is 1340. The summed E-state index contributed by atoms with van der Waals surface area (Å²) in [5, 5.41) is 44.3. The minimum atomic E-state index is -1.75. The molecule has 4 rings (SSSR count). The van der Waals surface area contributed by atoms with E-state index in [1.165, 1.54) is 26.2 Å². The van der Waals surface area contributed by atoms with Crippen LogP contribution < -0.4 is 20.2 Å². The van der Waals surface area contributed by atoms with Crippen LogP contribution in [0.25, 0.3) is 22.3 Å². The van der Waals surface area contributed by atoms with Gasteiger partial charge in [-0.25, -0.2) is 0 Å². The van der Waals surface area contributed by atoms with Gasteiger partial charge in [0.1, 0.15) is 52.3 Å². The summed E-state index contributed by atoms with van der Waals surface area (Å²) >= 11 is 0. The zero-order valence-electron chi connectivity index (χ0n) is 20.5. The number of phenols is 1. The summed E-state index contributed by atoms with van der Waals surface area (Å²) in [6.45, 7) is 3.64. The molecule has 2 heterocycles. The van der Waals surface area contributed by atoms with Crippen molar-refractivity contribution in [3.05, 3.63) is 52.2 Å². The molecular weight excluding hydrogens is 486 g/mol. The lowest BCUT2D eigenvalue weighted by Crippen LogP contribution is -2.62. The number of carbonyl (C=O) groups excluding carboxylic acids is 1. The van der Waals surface area contributed by atoms with E-state index >= 15 is 0 Å². The molecule has 0 spiro atoms. The molecule has 1 fully saturated rings. The first-order valence-electron chi connectivity index (χ1n) is 11.7. The Morgan fingerprint density at radius 2 is 1.78 bits per heavy atom. The van der Waals surface area contributed by atoms with E-state index in [0.717, 1.165) is 0 Å². The number of hydrogen-bond acceptors (Lipinski definition) is 10. The van der Waals surface area contributed by atoms with Crippen molar-refractivity contribution < 1.29 is 43.8 Å². The van der Waals surface area contributed by atoms with Gasteiger partial charge in [0.15, 0.2) is 11.5 Å². The smallest absolute Gasteiger partial charge is 0.252 e. The molecule has 1 saturated heterocycles. The van der Waals surface area contributed by atoms with E-state index in [-0.39, 0.29) is 28.0 Å².